The Morgan fingerprint density at radius 2 is 2.05 bits per heavy atom. The van der Waals surface area contributed by atoms with Gasteiger partial charge in [0.1, 0.15) is 0 Å². The number of ether oxygens (including phenoxy) is 1. The topological polar surface area (TPSA) is 47.0 Å². The summed E-state index contributed by atoms with van der Waals surface area (Å²) in [7, 11) is 0. The van der Waals surface area contributed by atoms with Crippen LogP contribution in [0.4, 0.5) is 4.39 Å². The van der Waals surface area contributed by atoms with Gasteiger partial charge in [0, 0.05) is 30.0 Å². The number of nitrogens with one attached hydrogen (secondary N) is 1. The highest BCUT2D eigenvalue weighted by atomic mass is 19.1. The predicted octanol–water partition coefficient (Wildman–Crippen LogP) is 3.21. The molecule has 0 saturated carbocycles. The van der Waals surface area contributed by atoms with Crippen molar-refractivity contribution in [3.05, 3.63) is 47.5 Å². The van der Waals surface area contributed by atoms with Gasteiger partial charge in [-0.25, -0.2) is 9.37 Å². The van der Waals surface area contributed by atoms with Gasteiger partial charge in [0.2, 0.25) is 0 Å². The van der Waals surface area contributed by atoms with E-state index in [0.29, 0.717) is 12.6 Å². The van der Waals surface area contributed by atoms with Crippen LogP contribution in [0.25, 0.3) is 0 Å². The molecule has 4 nitrogen and oxygen atoms in total. The Morgan fingerprint density at radius 3 is 2.70 bits per heavy atom. The Morgan fingerprint density at radius 1 is 1.30 bits per heavy atom. The summed E-state index contributed by atoms with van der Waals surface area (Å²) in [6, 6.07) is 6.73. The number of para-hydroxylation sites is 1. The molecule has 0 aliphatic heterocycles. The fourth-order valence-corrected chi connectivity index (χ4v) is 1.63. The van der Waals surface area contributed by atoms with Crippen LogP contribution in [0.2, 0.25) is 0 Å². The first-order valence-corrected chi connectivity index (χ1v) is 6.54. The molecule has 0 saturated heterocycles. The van der Waals surface area contributed by atoms with Crippen molar-refractivity contribution in [3.8, 4) is 11.8 Å². The number of nitrogens with zero attached hydrogens (tertiary/aromatic N) is 2. The number of benzene rings is 1. The zero-order valence-corrected chi connectivity index (χ0v) is 11.9. The second-order valence-corrected chi connectivity index (χ2v) is 4.83. The average molecular weight is 275 g/mol. The van der Waals surface area contributed by atoms with Crippen LogP contribution in [0.1, 0.15) is 25.1 Å². The molecule has 1 aromatic carbocycles. The summed E-state index contributed by atoms with van der Waals surface area (Å²) in [5.41, 5.74) is 1.82. The minimum absolute atomic E-state index is 0.125. The van der Waals surface area contributed by atoms with Crippen molar-refractivity contribution in [3.63, 3.8) is 0 Å². The fourth-order valence-electron chi connectivity index (χ4n) is 1.63. The van der Waals surface area contributed by atoms with E-state index in [1.165, 1.54) is 6.07 Å². The molecule has 0 fully saturated rings. The van der Waals surface area contributed by atoms with Gasteiger partial charge in [-0.05, 0) is 19.1 Å². The van der Waals surface area contributed by atoms with E-state index in [1.54, 1.807) is 24.4 Å². The van der Waals surface area contributed by atoms with Gasteiger partial charge in [0.25, 0.3) is 0 Å². The van der Waals surface area contributed by atoms with Crippen molar-refractivity contribution in [1.82, 2.24) is 15.3 Å². The maximum atomic E-state index is 13.5. The van der Waals surface area contributed by atoms with Gasteiger partial charge < -0.3 is 10.1 Å². The van der Waals surface area contributed by atoms with Crippen LogP contribution in [-0.4, -0.2) is 16.0 Å². The molecular weight excluding hydrogens is 257 g/mol. The van der Waals surface area contributed by atoms with Crippen LogP contribution in [0, 0.1) is 12.7 Å². The van der Waals surface area contributed by atoms with Gasteiger partial charge in [-0.3, -0.25) is 0 Å². The molecule has 0 radical (unpaired) electrons. The molecule has 0 unspecified atom stereocenters. The van der Waals surface area contributed by atoms with Crippen molar-refractivity contribution < 1.29 is 9.13 Å². The lowest BCUT2D eigenvalue weighted by Crippen LogP contribution is -2.22. The monoisotopic (exact) mass is 275 g/mol. The van der Waals surface area contributed by atoms with Crippen molar-refractivity contribution in [1.29, 1.82) is 0 Å². The van der Waals surface area contributed by atoms with Crippen LogP contribution < -0.4 is 10.1 Å². The third-order valence-electron chi connectivity index (χ3n) is 2.80. The molecule has 106 valence electrons. The summed E-state index contributed by atoms with van der Waals surface area (Å²) in [5, 5.41) is 3.30. The van der Waals surface area contributed by atoms with E-state index in [9.17, 15) is 4.39 Å². The highest BCUT2D eigenvalue weighted by molar-refractivity contribution is 5.27. The number of rotatable bonds is 5. The van der Waals surface area contributed by atoms with Gasteiger partial charge in [0.05, 0.1) is 0 Å². The number of hydrogen-bond donors (Lipinski definition) is 1. The zero-order valence-electron chi connectivity index (χ0n) is 11.9. The number of halogens is 1. The Hall–Kier alpha value is -2.01. The third kappa shape index (κ3) is 3.74. The van der Waals surface area contributed by atoms with Crippen molar-refractivity contribution >= 4 is 0 Å². The van der Waals surface area contributed by atoms with E-state index in [0.717, 1.165) is 11.3 Å². The minimum atomic E-state index is -0.431. The first-order valence-electron chi connectivity index (χ1n) is 6.54. The summed E-state index contributed by atoms with van der Waals surface area (Å²) in [6.45, 7) is 6.73. The summed E-state index contributed by atoms with van der Waals surface area (Å²) in [5.74, 6) is -0.306. The van der Waals surface area contributed by atoms with Crippen LogP contribution in [-0.2, 0) is 6.54 Å². The number of aryl methyl sites for hydroxylation is 1. The Bertz CT molecular complexity index is 587. The van der Waals surface area contributed by atoms with Crippen LogP contribution >= 0.6 is 0 Å². The number of aromatic nitrogens is 2. The van der Waals surface area contributed by atoms with E-state index in [2.05, 4.69) is 29.1 Å². The molecule has 20 heavy (non-hydrogen) atoms. The van der Waals surface area contributed by atoms with E-state index in [1.807, 2.05) is 6.92 Å². The molecule has 0 bridgehead atoms. The molecule has 0 atom stereocenters. The molecule has 0 spiro atoms. The van der Waals surface area contributed by atoms with Crippen LogP contribution in [0.5, 0.6) is 11.8 Å². The van der Waals surface area contributed by atoms with Crippen molar-refractivity contribution in [2.45, 2.75) is 33.4 Å². The first kappa shape index (κ1) is 14.4. The Kier molecular flexibility index (Phi) is 4.63. The van der Waals surface area contributed by atoms with E-state index in [4.69, 9.17) is 4.74 Å². The van der Waals surface area contributed by atoms with Crippen LogP contribution in [0.15, 0.2) is 30.5 Å². The SMILES string of the molecule is Cc1nc(Oc2ccccc2F)ncc1CNC(C)C. The quantitative estimate of drug-likeness (QED) is 0.910. The third-order valence-corrected chi connectivity index (χ3v) is 2.80. The Labute approximate surface area is 118 Å². The molecule has 1 heterocycles. The predicted molar refractivity (Wildman–Crippen MR) is 75.2 cm³/mol. The highest BCUT2D eigenvalue weighted by Crippen LogP contribution is 2.21. The lowest BCUT2D eigenvalue weighted by molar-refractivity contribution is 0.409. The molecular formula is C15H18FN3O. The normalized spacial score (nSPS) is 10.8. The molecule has 2 rings (SSSR count). The fraction of sp³-hybridized carbons (Fsp3) is 0.333. The second-order valence-electron chi connectivity index (χ2n) is 4.83. The van der Waals surface area contributed by atoms with Crippen LogP contribution in [0.3, 0.4) is 0 Å². The summed E-state index contributed by atoms with van der Waals surface area (Å²) < 4.78 is 18.8. The molecule has 5 heteroatoms. The first-order chi connectivity index (χ1) is 9.56. The number of hydrogen-bond acceptors (Lipinski definition) is 4. The van der Waals surface area contributed by atoms with E-state index in [-0.39, 0.29) is 11.8 Å². The van der Waals surface area contributed by atoms with E-state index >= 15 is 0 Å². The van der Waals surface area contributed by atoms with Gasteiger partial charge >= 0.3 is 6.01 Å². The van der Waals surface area contributed by atoms with Gasteiger partial charge in [-0.1, -0.05) is 26.0 Å². The van der Waals surface area contributed by atoms with E-state index < -0.39 is 5.82 Å². The zero-order chi connectivity index (χ0) is 14.5. The Balaban J connectivity index is 2.11. The average Bonchev–Trinajstić information content (AvgIpc) is 2.40. The van der Waals surface area contributed by atoms with Gasteiger partial charge in [-0.15, -0.1) is 0 Å². The smallest absolute Gasteiger partial charge is 0.322 e. The largest absolute Gasteiger partial charge is 0.421 e. The standard InChI is InChI=1S/C15H18FN3O/c1-10(2)17-8-12-9-18-15(19-11(12)3)20-14-7-5-4-6-13(14)16/h4-7,9-10,17H,8H2,1-3H3. The summed E-state index contributed by atoms with van der Waals surface area (Å²) >= 11 is 0. The maximum absolute atomic E-state index is 13.5. The summed E-state index contributed by atoms with van der Waals surface area (Å²) in [6.07, 6.45) is 1.70. The molecule has 1 N–H and O–H groups in total. The van der Waals surface area contributed by atoms with Gasteiger partial charge in [-0.2, -0.15) is 4.98 Å². The lowest BCUT2D eigenvalue weighted by Gasteiger charge is -2.11. The molecule has 2 aromatic rings. The summed E-state index contributed by atoms with van der Waals surface area (Å²) in [4.78, 5) is 8.36. The van der Waals surface area contributed by atoms with Crippen molar-refractivity contribution in [2.24, 2.45) is 0 Å². The molecule has 0 aliphatic rings. The maximum Gasteiger partial charge on any atom is 0.322 e. The lowest BCUT2D eigenvalue weighted by atomic mass is 10.2. The second kappa shape index (κ2) is 6.43. The minimum Gasteiger partial charge on any atom is -0.421 e. The van der Waals surface area contributed by atoms with Gasteiger partial charge in [0.15, 0.2) is 11.6 Å². The molecule has 1 aromatic heterocycles. The van der Waals surface area contributed by atoms with Crippen molar-refractivity contribution in [2.75, 3.05) is 0 Å². The highest BCUT2D eigenvalue weighted by Gasteiger charge is 2.08. The molecule has 0 amide bonds. The molecule has 0 aliphatic carbocycles.